The van der Waals surface area contributed by atoms with Crippen LogP contribution >= 0.6 is 8.09 Å². The van der Waals surface area contributed by atoms with Crippen LogP contribution in [0.5, 0.6) is 0 Å². The summed E-state index contributed by atoms with van der Waals surface area (Å²) in [6.07, 6.45) is 7.11. The number of carbonyl (C=O) groups excluding carboxylic acids is 1. The van der Waals surface area contributed by atoms with E-state index >= 15 is 0 Å². The molecule has 0 bridgehead atoms. The van der Waals surface area contributed by atoms with Crippen molar-refractivity contribution in [1.29, 1.82) is 0 Å². The second-order valence-electron chi connectivity index (χ2n) is 11.6. The summed E-state index contributed by atoms with van der Waals surface area (Å²) < 4.78 is 5.65. The molecule has 0 radical (unpaired) electrons. The lowest BCUT2D eigenvalue weighted by Crippen LogP contribution is -2.54. The Balaban J connectivity index is 1.38. The number of carbonyl (C=O) groups is 3. The molecule has 4 saturated carbocycles. The number of hydrogen-bond donors (Lipinski definition) is 5. The Hall–Kier alpha value is -1.12. The molecule has 34 heavy (non-hydrogen) atoms. The summed E-state index contributed by atoms with van der Waals surface area (Å²) in [5.41, 5.74) is -0.00417. The topological polar surface area (TPSA) is 153 Å². The molecule has 4 aliphatic carbocycles. The highest BCUT2D eigenvalue weighted by molar-refractivity contribution is 7.57. The monoisotopic (exact) mass is 500 g/mol. The van der Waals surface area contributed by atoms with E-state index in [4.69, 9.17) is 9.63 Å². The summed E-state index contributed by atoms with van der Waals surface area (Å²) in [5, 5.41) is 20.4. The smallest absolute Gasteiger partial charge is 0.481 e. The van der Waals surface area contributed by atoms with Gasteiger partial charge in [-0.1, -0.05) is 13.8 Å². The Morgan fingerprint density at radius 2 is 1.82 bits per heavy atom. The Kier molecular flexibility index (Phi) is 7.17. The zero-order valence-electron chi connectivity index (χ0n) is 20.1. The third-order valence-electron chi connectivity index (χ3n) is 9.89. The van der Waals surface area contributed by atoms with Crippen LogP contribution in [0.15, 0.2) is 0 Å². The molecule has 4 unspecified atom stereocenters. The number of carboxylic acids is 2. The second kappa shape index (κ2) is 9.40. The first kappa shape index (κ1) is 26.0. The van der Waals surface area contributed by atoms with Crippen molar-refractivity contribution in [3.8, 4) is 0 Å². The molecule has 4 rings (SSSR count). The van der Waals surface area contributed by atoms with Crippen LogP contribution in [0, 0.1) is 34.5 Å². The fraction of sp³-hybridized carbons (Fsp3) is 0.875. The van der Waals surface area contributed by atoms with Crippen molar-refractivity contribution < 1.29 is 38.9 Å². The highest BCUT2D eigenvalue weighted by atomic mass is 31.2. The van der Waals surface area contributed by atoms with Crippen LogP contribution in [0.2, 0.25) is 0 Å². The maximum Gasteiger partial charge on any atom is 0.497 e. The van der Waals surface area contributed by atoms with Crippen LogP contribution in [-0.4, -0.2) is 49.9 Å². The predicted octanol–water partition coefficient (Wildman–Crippen LogP) is 3.55. The Bertz CT molecular complexity index is 836. The molecular formula is C24H39NO8P+. The standard InChI is InChI=1S/C24H38NO8P/c1-23-11-9-15(33-34(31,32)25-19(22(29)30)6-8-21(27)28)13-14(23)3-4-16-17-5-7-20(26)24(17,2)12-10-18(16)23/h14-19,25,31-32H,3-13H2,1-2H3,(H-,27,28,29,30)/p+1/t14?,15-,16?,17?,18?,19-,23-,24-/m0/s1. The summed E-state index contributed by atoms with van der Waals surface area (Å²) in [5.74, 6) is -0.0225. The lowest BCUT2D eigenvalue weighted by molar-refractivity contribution is -0.143. The van der Waals surface area contributed by atoms with Crippen LogP contribution in [0.3, 0.4) is 0 Å². The summed E-state index contributed by atoms with van der Waals surface area (Å²) >= 11 is 0. The molecule has 0 aromatic heterocycles. The van der Waals surface area contributed by atoms with Crippen LogP contribution in [0.4, 0.5) is 0 Å². The number of fused-ring (bicyclic) bond motifs is 5. The van der Waals surface area contributed by atoms with E-state index in [-0.39, 0.29) is 23.4 Å². The number of rotatable bonds is 8. The molecule has 9 nitrogen and oxygen atoms in total. The van der Waals surface area contributed by atoms with E-state index < -0.39 is 32.5 Å². The van der Waals surface area contributed by atoms with Gasteiger partial charge in [0.15, 0.2) is 0 Å². The van der Waals surface area contributed by atoms with Gasteiger partial charge in [0.25, 0.3) is 0 Å². The summed E-state index contributed by atoms with van der Waals surface area (Å²) in [7, 11) is -4.17. The van der Waals surface area contributed by atoms with E-state index in [1.54, 1.807) is 0 Å². The van der Waals surface area contributed by atoms with Crippen LogP contribution < -0.4 is 5.09 Å². The van der Waals surface area contributed by atoms with E-state index in [0.717, 1.165) is 44.9 Å². The molecular weight excluding hydrogens is 461 g/mol. The second-order valence-corrected chi connectivity index (χ2v) is 13.1. The van der Waals surface area contributed by atoms with E-state index in [1.807, 2.05) is 0 Å². The van der Waals surface area contributed by atoms with Gasteiger partial charge in [-0.05, 0) is 86.9 Å². The summed E-state index contributed by atoms with van der Waals surface area (Å²) in [6, 6.07) is -1.41. The van der Waals surface area contributed by atoms with Crippen molar-refractivity contribution in [1.82, 2.24) is 5.09 Å². The normalized spacial score (nSPS) is 40.7. The van der Waals surface area contributed by atoms with Crippen LogP contribution in [-0.2, 0) is 18.9 Å². The molecule has 4 fully saturated rings. The molecule has 0 aromatic rings. The maximum absolute atomic E-state index is 12.6. The average Bonchev–Trinajstić information content (AvgIpc) is 3.05. The van der Waals surface area contributed by atoms with E-state index in [1.165, 1.54) is 0 Å². The molecule has 10 heteroatoms. The summed E-state index contributed by atoms with van der Waals surface area (Å²) in [4.78, 5) is 55.7. The number of nitrogens with one attached hydrogen (secondary N) is 1. The quantitative estimate of drug-likeness (QED) is 0.315. The number of hydrogen-bond acceptors (Lipinski definition) is 7. The van der Waals surface area contributed by atoms with Crippen LogP contribution in [0.1, 0.15) is 84.5 Å². The highest BCUT2D eigenvalue weighted by Gasteiger charge is 2.61. The first-order valence-corrected chi connectivity index (χ1v) is 14.3. The number of carboxylic acid groups (broad SMARTS) is 2. The molecule has 4 aliphatic rings. The third-order valence-corrected chi connectivity index (χ3v) is 11.1. The number of Topliss-reactive ketones (excluding diaryl/α,β-unsaturated/α-hetero) is 1. The molecule has 0 amide bonds. The van der Waals surface area contributed by atoms with E-state index in [9.17, 15) is 29.3 Å². The Morgan fingerprint density at radius 3 is 2.50 bits per heavy atom. The Labute approximate surface area is 201 Å². The first-order chi connectivity index (χ1) is 15.9. The zero-order chi connectivity index (χ0) is 24.9. The SMILES string of the molecule is C[C@]12CC[C@H](O[P+](O)(O)N[C@@H](CCC(=O)O)C(=O)O)CC1CCC1C2CC[C@]2(C)C(=O)CCC12. The zero-order valence-corrected chi connectivity index (χ0v) is 21.0. The lowest BCUT2D eigenvalue weighted by atomic mass is 9.45. The van der Waals surface area contributed by atoms with Crippen molar-refractivity contribution in [3.05, 3.63) is 0 Å². The largest absolute Gasteiger partial charge is 0.497 e. The maximum atomic E-state index is 12.6. The van der Waals surface area contributed by atoms with Gasteiger partial charge in [0.2, 0.25) is 0 Å². The van der Waals surface area contributed by atoms with Gasteiger partial charge in [0, 0.05) is 18.3 Å². The minimum absolute atomic E-state index is 0.139. The lowest BCUT2D eigenvalue weighted by Gasteiger charge is -2.60. The Morgan fingerprint density at radius 1 is 1.09 bits per heavy atom. The first-order valence-electron chi connectivity index (χ1n) is 12.6. The van der Waals surface area contributed by atoms with E-state index in [2.05, 4.69) is 18.9 Å². The molecule has 0 spiro atoms. The molecule has 0 heterocycles. The molecule has 8 atom stereocenters. The van der Waals surface area contributed by atoms with Crippen molar-refractivity contribution >= 4 is 25.8 Å². The highest BCUT2D eigenvalue weighted by Crippen LogP contribution is 2.66. The minimum Gasteiger partial charge on any atom is -0.481 e. The van der Waals surface area contributed by atoms with Crippen molar-refractivity contribution in [3.63, 3.8) is 0 Å². The fourth-order valence-electron chi connectivity index (χ4n) is 8.04. The fourth-order valence-corrected chi connectivity index (χ4v) is 9.35. The van der Waals surface area contributed by atoms with Gasteiger partial charge in [-0.15, -0.1) is 5.09 Å². The number of aliphatic carboxylic acids is 2. The third kappa shape index (κ3) is 4.79. The molecule has 0 saturated heterocycles. The van der Waals surface area contributed by atoms with Crippen molar-refractivity contribution in [2.45, 2.75) is 96.6 Å². The predicted molar refractivity (Wildman–Crippen MR) is 124 cm³/mol. The van der Waals surface area contributed by atoms with E-state index in [0.29, 0.717) is 42.3 Å². The van der Waals surface area contributed by atoms with Crippen molar-refractivity contribution in [2.75, 3.05) is 0 Å². The van der Waals surface area contributed by atoms with Crippen LogP contribution in [0.25, 0.3) is 0 Å². The van der Waals surface area contributed by atoms with Gasteiger partial charge in [-0.25, -0.2) is 0 Å². The minimum atomic E-state index is -4.17. The van der Waals surface area contributed by atoms with Gasteiger partial charge in [0.05, 0.1) is 0 Å². The molecule has 0 aromatic carbocycles. The van der Waals surface area contributed by atoms with Gasteiger partial charge in [-0.3, -0.25) is 14.4 Å². The van der Waals surface area contributed by atoms with Gasteiger partial charge < -0.3 is 10.2 Å². The van der Waals surface area contributed by atoms with Crippen molar-refractivity contribution in [2.24, 2.45) is 34.5 Å². The van der Waals surface area contributed by atoms with Gasteiger partial charge in [0.1, 0.15) is 17.9 Å². The average molecular weight is 501 g/mol. The summed E-state index contributed by atoms with van der Waals surface area (Å²) in [6.45, 7) is 4.55. The van der Waals surface area contributed by atoms with Gasteiger partial charge in [-0.2, -0.15) is 14.3 Å². The van der Waals surface area contributed by atoms with Gasteiger partial charge >= 0.3 is 20.0 Å². The number of ketones is 1. The molecule has 0 aliphatic heterocycles. The molecule has 5 N–H and O–H groups in total. The molecule has 192 valence electrons.